The Labute approximate surface area is 113 Å². The molecule has 0 saturated heterocycles. The van der Waals surface area contributed by atoms with Gasteiger partial charge in [0, 0.05) is 17.6 Å². The molecule has 0 aromatic heterocycles. The molecule has 2 atom stereocenters. The third kappa shape index (κ3) is 3.09. The Bertz CT molecular complexity index is 516. The summed E-state index contributed by atoms with van der Waals surface area (Å²) < 4.78 is 50.8. The number of hydrogen-bond donors (Lipinski definition) is 2. The molecule has 0 heterocycles. The van der Waals surface area contributed by atoms with Gasteiger partial charge in [0.2, 0.25) is 0 Å². The van der Waals surface area contributed by atoms with Crippen LogP contribution in [0.1, 0.15) is 35.2 Å². The van der Waals surface area contributed by atoms with E-state index in [2.05, 4.69) is 5.32 Å². The Balaban J connectivity index is 2.18. The lowest BCUT2D eigenvalue weighted by Crippen LogP contribution is -2.44. The van der Waals surface area contributed by atoms with Crippen molar-refractivity contribution in [3.05, 3.63) is 35.1 Å². The summed E-state index contributed by atoms with van der Waals surface area (Å²) in [5.74, 6) is -2.07. The van der Waals surface area contributed by atoms with Gasteiger partial charge in [-0.2, -0.15) is 13.2 Å². The van der Waals surface area contributed by atoms with Crippen molar-refractivity contribution in [2.75, 3.05) is 0 Å². The molecule has 1 aliphatic rings. The zero-order valence-corrected chi connectivity index (χ0v) is 10.5. The fraction of sp³-hybridized carbons (Fsp3) is 0.462. The van der Waals surface area contributed by atoms with Gasteiger partial charge in [0.15, 0.2) is 0 Å². The van der Waals surface area contributed by atoms with Crippen molar-refractivity contribution in [2.24, 2.45) is 5.73 Å². The van der Waals surface area contributed by atoms with Crippen molar-refractivity contribution in [3.8, 4) is 0 Å². The first-order chi connectivity index (χ1) is 9.29. The lowest BCUT2D eigenvalue weighted by Gasteiger charge is -2.17. The zero-order chi connectivity index (χ0) is 14.9. The van der Waals surface area contributed by atoms with Gasteiger partial charge in [0.1, 0.15) is 5.82 Å². The number of amides is 1. The van der Waals surface area contributed by atoms with Gasteiger partial charge in [-0.1, -0.05) is 0 Å². The van der Waals surface area contributed by atoms with Crippen molar-refractivity contribution in [2.45, 2.75) is 37.5 Å². The van der Waals surface area contributed by atoms with E-state index >= 15 is 0 Å². The van der Waals surface area contributed by atoms with Crippen LogP contribution in [-0.4, -0.2) is 18.0 Å². The van der Waals surface area contributed by atoms with Crippen molar-refractivity contribution >= 4 is 5.91 Å². The highest BCUT2D eigenvalue weighted by Gasteiger charge is 2.35. The molecule has 1 aliphatic carbocycles. The Morgan fingerprint density at radius 1 is 1.30 bits per heavy atom. The summed E-state index contributed by atoms with van der Waals surface area (Å²) in [4.78, 5) is 11.9. The van der Waals surface area contributed by atoms with Crippen LogP contribution in [0.3, 0.4) is 0 Å². The maximum atomic E-state index is 13.1. The lowest BCUT2D eigenvalue weighted by molar-refractivity contribution is -0.140. The molecule has 1 amide bonds. The summed E-state index contributed by atoms with van der Waals surface area (Å²) in [7, 11) is 0. The van der Waals surface area contributed by atoms with E-state index in [1.54, 1.807) is 0 Å². The van der Waals surface area contributed by atoms with Gasteiger partial charge in [-0.15, -0.1) is 0 Å². The minimum atomic E-state index is -4.83. The average Bonchev–Trinajstić information content (AvgIpc) is 2.74. The molecule has 0 spiro atoms. The van der Waals surface area contributed by atoms with E-state index in [4.69, 9.17) is 5.73 Å². The normalized spacial score (nSPS) is 22.9. The summed E-state index contributed by atoms with van der Waals surface area (Å²) in [5.41, 5.74) is 4.11. The molecule has 0 bridgehead atoms. The lowest BCUT2D eigenvalue weighted by atomic mass is 10.1. The van der Waals surface area contributed by atoms with Gasteiger partial charge in [-0.05, 0) is 37.5 Å². The number of carbonyl (C=O) groups excluding carboxylic acids is 1. The third-order valence-corrected chi connectivity index (χ3v) is 3.42. The van der Waals surface area contributed by atoms with Crippen LogP contribution in [0.5, 0.6) is 0 Å². The Morgan fingerprint density at radius 2 is 2.00 bits per heavy atom. The molecule has 1 fully saturated rings. The van der Waals surface area contributed by atoms with Crippen LogP contribution in [0, 0.1) is 5.82 Å². The highest BCUT2D eigenvalue weighted by molar-refractivity contribution is 5.94. The van der Waals surface area contributed by atoms with Crippen molar-refractivity contribution in [1.29, 1.82) is 0 Å². The van der Waals surface area contributed by atoms with Crippen LogP contribution < -0.4 is 11.1 Å². The van der Waals surface area contributed by atoms with Gasteiger partial charge >= 0.3 is 6.18 Å². The van der Waals surface area contributed by atoms with E-state index in [0.717, 1.165) is 18.9 Å². The first kappa shape index (κ1) is 14.8. The number of benzene rings is 1. The number of hydrogen-bond acceptors (Lipinski definition) is 2. The fourth-order valence-electron chi connectivity index (χ4n) is 2.30. The van der Waals surface area contributed by atoms with E-state index in [9.17, 15) is 22.4 Å². The molecule has 0 radical (unpaired) electrons. The van der Waals surface area contributed by atoms with Crippen molar-refractivity contribution in [1.82, 2.24) is 5.32 Å². The average molecular weight is 290 g/mol. The van der Waals surface area contributed by atoms with Gasteiger partial charge in [0.25, 0.3) is 5.91 Å². The topological polar surface area (TPSA) is 55.1 Å². The predicted molar refractivity (Wildman–Crippen MR) is 64.5 cm³/mol. The second-order valence-corrected chi connectivity index (χ2v) is 4.87. The number of carbonyl (C=O) groups is 1. The molecule has 1 aromatic carbocycles. The smallest absolute Gasteiger partial charge is 0.348 e. The minimum Gasteiger partial charge on any atom is -0.348 e. The maximum absolute atomic E-state index is 13.1. The van der Waals surface area contributed by atoms with Gasteiger partial charge in [-0.3, -0.25) is 4.79 Å². The number of nitrogens with two attached hydrogens (primary N) is 1. The molecule has 20 heavy (non-hydrogen) atoms. The molecular weight excluding hydrogens is 276 g/mol. The predicted octanol–water partition coefficient (Wildman–Crippen LogP) is 2.45. The molecular formula is C13H14F4N2O. The molecule has 3 nitrogen and oxygen atoms in total. The molecule has 2 unspecified atom stereocenters. The van der Waals surface area contributed by atoms with Crippen molar-refractivity contribution < 1.29 is 22.4 Å². The van der Waals surface area contributed by atoms with E-state index in [1.165, 1.54) is 0 Å². The second kappa shape index (κ2) is 5.40. The summed E-state index contributed by atoms with van der Waals surface area (Å²) in [5, 5.41) is 2.59. The standard InChI is InChI=1S/C13H14F4N2O/c14-9-5-4-7(6-8(9)13(15,16)17)12(20)19-11-3-1-2-10(11)18/h4-6,10-11H,1-3,18H2,(H,19,20). The van der Waals surface area contributed by atoms with E-state index in [0.29, 0.717) is 18.6 Å². The highest BCUT2D eigenvalue weighted by Crippen LogP contribution is 2.32. The summed E-state index contributed by atoms with van der Waals surface area (Å²) in [6.45, 7) is 0. The molecule has 7 heteroatoms. The van der Waals surface area contributed by atoms with Crippen LogP contribution in [0.15, 0.2) is 18.2 Å². The third-order valence-electron chi connectivity index (χ3n) is 3.42. The van der Waals surface area contributed by atoms with Crippen LogP contribution >= 0.6 is 0 Å². The van der Waals surface area contributed by atoms with Gasteiger partial charge in [-0.25, -0.2) is 4.39 Å². The Kier molecular flexibility index (Phi) is 3.99. The van der Waals surface area contributed by atoms with E-state index < -0.39 is 23.5 Å². The summed E-state index contributed by atoms with van der Waals surface area (Å²) >= 11 is 0. The van der Waals surface area contributed by atoms with Gasteiger partial charge in [0.05, 0.1) is 5.56 Å². The molecule has 1 saturated carbocycles. The van der Waals surface area contributed by atoms with Crippen LogP contribution in [0.2, 0.25) is 0 Å². The Hall–Kier alpha value is -1.63. The summed E-state index contributed by atoms with van der Waals surface area (Å²) in [6.07, 6.45) is -2.50. The number of halogens is 4. The quantitative estimate of drug-likeness (QED) is 0.822. The SMILES string of the molecule is NC1CCCC1NC(=O)c1ccc(F)c(C(F)(F)F)c1. The van der Waals surface area contributed by atoms with E-state index in [-0.39, 0.29) is 17.6 Å². The summed E-state index contributed by atoms with van der Waals surface area (Å²) in [6, 6.07) is 1.75. The molecule has 3 N–H and O–H groups in total. The molecule has 110 valence electrons. The van der Waals surface area contributed by atoms with E-state index in [1.807, 2.05) is 0 Å². The number of rotatable bonds is 2. The molecule has 0 aliphatic heterocycles. The fourth-order valence-corrected chi connectivity index (χ4v) is 2.30. The van der Waals surface area contributed by atoms with Crippen LogP contribution in [-0.2, 0) is 6.18 Å². The monoisotopic (exact) mass is 290 g/mol. The van der Waals surface area contributed by atoms with Crippen molar-refractivity contribution in [3.63, 3.8) is 0 Å². The maximum Gasteiger partial charge on any atom is 0.419 e. The van der Waals surface area contributed by atoms with Gasteiger partial charge < -0.3 is 11.1 Å². The highest BCUT2D eigenvalue weighted by atomic mass is 19.4. The minimum absolute atomic E-state index is 0.193. The first-order valence-electron chi connectivity index (χ1n) is 6.22. The number of alkyl halides is 3. The molecule has 2 rings (SSSR count). The number of nitrogens with one attached hydrogen (secondary N) is 1. The Morgan fingerprint density at radius 3 is 2.55 bits per heavy atom. The zero-order valence-electron chi connectivity index (χ0n) is 10.5. The van der Waals surface area contributed by atoms with Crippen LogP contribution in [0.4, 0.5) is 17.6 Å². The van der Waals surface area contributed by atoms with Crippen LogP contribution in [0.25, 0.3) is 0 Å². The largest absolute Gasteiger partial charge is 0.419 e. The molecule has 1 aromatic rings. The first-order valence-corrected chi connectivity index (χ1v) is 6.22. The second-order valence-electron chi connectivity index (χ2n) is 4.87.